The van der Waals surface area contributed by atoms with Gasteiger partial charge in [-0.1, -0.05) is 23.2 Å². The first-order valence-electron chi connectivity index (χ1n) is 8.51. The van der Waals surface area contributed by atoms with Gasteiger partial charge in [-0.2, -0.15) is 0 Å². The van der Waals surface area contributed by atoms with Crippen molar-refractivity contribution in [3.05, 3.63) is 62.5 Å². The average molecular weight is 451 g/mol. The van der Waals surface area contributed by atoms with Gasteiger partial charge < -0.3 is 9.84 Å². The zero-order valence-corrected chi connectivity index (χ0v) is 17.8. The van der Waals surface area contributed by atoms with Gasteiger partial charge in [0.1, 0.15) is 5.75 Å². The Balaban J connectivity index is 1.86. The van der Waals surface area contributed by atoms with Crippen molar-refractivity contribution in [3.8, 4) is 5.75 Å². The number of likely N-dealkylation sites (N-methyl/N-ethyl adjacent to an activating group) is 1. The molecule has 1 aliphatic heterocycles. The molecule has 1 N–H and O–H groups in total. The van der Waals surface area contributed by atoms with Crippen LogP contribution in [0.15, 0.2) is 46.3 Å². The summed E-state index contributed by atoms with van der Waals surface area (Å²) < 4.78 is 4.95. The Morgan fingerprint density at radius 2 is 1.97 bits per heavy atom. The minimum atomic E-state index is -0.403. The number of thioether (sulfide) groups is 1. The van der Waals surface area contributed by atoms with Gasteiger partial charge in [-0.15, -0.1) is 0 Å². The maximum Gasteiger partial charge on any atom is 0.338 e. The number of phenols is 1. The van der Waals surface area contributed by atoms with Crippen LogP contribution in [0.25, 0.3) is 6.08 Å². The number of carbonyl (C=O) groups excluding carboxylic acids is 2. The molecule has 0 radical (unpaired) electrons. The molecule has 0 aromatic heterocycles. The number of rotatable bonds is 4. The molecule has 1 saturated heterocycles. The maximum atomic E-state index is 12.6. The fourth-order valence-electron chi connectivity index (χ4n) is 2.49. The Morgan fingerprint density at radius 1 is 1.28 bits per heavy atom. The second kappa shape index (κ2) is 8.90. The van der Waals surface area contributed by atoms with Crippen LogP contribution in [0.1, 0.15) is 22.8 Å². The number of amides is 1. The molecule has 150 valence electrons. The van der Waals surface area contributed by atoms with Gasteiger partial charge in [0.2, 0.25) is 0 Å². The van der Waals surface area contributed by atoms with E-state index >= 15 is 0 Å². The van der Waals surface area contributed by atoms with E-state index < -0.39 is 5.97 Å². The van der Waals surface area contributed by atoms with Gasteiger partial charge >= 0.3 is 5.97 Å². The van der Waals surface area contributed by atoms with Gasteiger partial charge in [0, 0.05) is 17.6 Å². The molecular formula is C20H16Cl2N2O4S. The van der Waals surface area contributed by atoms with Crippen LogP contribution in [0, 0.1) is 0 Å². The Labute approximate surface area is 181 Å². The lowest BCUT2D eigenvalue weighted by Crippen LogP contribution is -2.23. The second-order valence-electron chi connectivity index (χ2n) is 5.96. The van der Waals surface area contributed by atoms with Crippen molar-refractivity contribution in [2.24, 2.45) is 4.99 Å². The molecule has 0 saturated carbocycles. The van der Waals surface area contributed by atoms with Crippen LogP contribution in [0.2, 0.25) is 10.0 Å². The van der Waals surface area contributed by atoms with Crippen LogP contribution >= 0.6 is 35.0 Å². The number of ether oxygens (including phenoxy) is 1. The summed E-state index contributed by atoms with van der Waals surface area (Å²) >= 11 is 13.1. The first-order valence-corrected chi connectivity index (χ1v) is 10.1. The fraction of sp³-hybridized carbons (Fsp3) is 0.150. The lowest BCUT2D eigenvalue weighted by atomic mass is 10.2. The smallest absolute Gasteiger partial charge is 0.338 e. The van der Waals surface area contributed by atoms with Crippen molar-refractivity contribution in [1.82, 2.24) is 4.90 Å². The number of carbonyl (C=O) groups is 2. The van der Waals surface area contributed by atoms with Gasteiger partial charge in [-0.25, -0.2) is 9.79 Å². The topological polar surface area (TPSA) is 79.2 Å². The molecular weight excluding hydrogens is 435 g/mol. The maximum absolute atomic E-state index is 12.6. The van der Waals surface area contributed by atoms with E-state index in [-0.39, 0.29) is 16.7 Å². The van der Waals surface area contributed by atoms with Crippen LogP contribution in [0.3, 0.4) is 0 Å². The summed E-state index contributed by atoms with van der Waals surface area (Å²) in [5.41, 5.74) is 1.34. The molecule has 9 heteroatoms. The molecule has 3 rings (SSSR count). The molecule has 2 aromatic carbocycles. The van der Waals surface area contributed by atoms with E-state index in [9.17, 15) is 14.7 Å². The van der Waals surface area contributed by atoms with Crippen molar-refractivity contribution in [2.75, 3.05) is 13.7 Å². The highest BCUT2D eigenvalue weighted by Crippen LogP contribution is 2.37. The summed E-state index contributed by atoms with van der Waals surface area (Å²) in [6.07, 6.45) is 1.52. The van der Waals surface area contributed by atoms with Crippen molar-refractivity contribution in [3.63, 3.8) is 0 Å². The molecule has 6 nitrogen and oxygen atoms in total. The first kappa shape index (κ1) is 21.2. The molecule has 0 aliphatic carbocycles. The lowest BCUT2D eigenvalue weighted by Gasteiger charge is -2.07. The normalized spacial score (nSPS) is 16.7. The number of hydrogen-bond acceptors (Lipinski definition) is 6. The summed E-state index contributed by atoms with van der Waals surface area (Å²) in [6, 6.07) is 9.50. The number of benzene rings is 2. The summed E-state index contributed by atoms with van der Waals surface area (Å²) in [5, 5.41) is 11.0. The van der Waals surface area contributed by atoms with E-state index in [1.807, 2.05) is 0 Å². The van der Waals surface area contributed by atoms with Gasteiger partial charge in [-0.05, 0) is 61.2 Å². The number of esters is 1. The third-order valence-electron chi connectivity index (χ3n) is 3.95. The lowest BCUT2D eigenvalue weighted by molar-refractivity contribution is -0.121. The van der Waals surface area contributed by atoms with Crippen molar-refractivity contribution in [1.29, 1.82) is 0 Å². The molecule has 0 unspecified atom stereocenters. The number of hydrogen-bond donors (Lipinski definition) is 1. The van der Waals surface area contributed by atoms with E-state index in [2.05, 4.69) is 4.99 Å². The third kappa shape index (κ3) is 4.75. The average Bonchev–Trinajstić information content (AvgIpc) is 2.94. The second-order valence-corrected chi connectivity index (χ2v) is 7.81. The molecule has 1 aliphatic rings. The van der Waals surface area contributed by atoms with E-state index in [0.29, 0.717) is 38.5 Å². The molecule has 2 aromatic rings. The SMILES string of the molecule is CCOC(=O)c1ccc(N=C2S/C(=C\c3cc(Cl)cc(Cl)c3O)C(=O)N2C)cc1. The van der Waals surface area contributed by atoms with E-state index in [4.69, 9.17) is 27.9 Å². The number of aromatic hydroxyl groups is 1. The number of amidine groups is 1. The molecule has 0 atom stereocenters. The van der Waals surface area contributed by atoms with E-state index in [1.54, 1.807) is 38.2 Å². The van der Waals surface area contributed by atoms with E-state index in [1.165, 1.54) is 23.1 Å². The molecule has 1 fully saturated rings. The standard InChI is InChI=1S/C20H16Cl2N2O4S/c1-3-28-19(27)11-4-6-14(7-5-11)23-20-24(2)18(26)16(29-20)9-12-8-13(21)10-15(22)17(12)25/h4-10,25H,3H2,1-2H3/b16-9-,23-20?. The summed E-state index contributed by atoms with van der Waals surface area (Å²) in [6.45, 7) is 2.04. The van der Waals surface area contributed by atoms with Crippen molar-refractivity contribution in [2.45, 2.75) is 6.92 Å². The molecule has 1 heterocycles. The van der Waals surface area contributed by atoms with Gasteiger partial charge in [0.05, 0.1) is 27.8 Å². The van der Waals surface area contributed by atoms with Gasteiger partial charge in [-0.3, -0.25) is 9.69 Å². The molecule has 0 spiro atoms. The number of aliphatic imine (C=N–C) groups is 1. The first-order chi connectivity index (χ1) is 13.8. The highest BCUT2D eigenvalue weighted by molar-refractivity contribution is 8.18. The highest BCUT2D eigenvalue weighted by atomic mass is 35.5. The van der Waals surface area contributed by atoms with Crippen molar-refractivity contribution >= 4 is 63.8 Å². The minimum absolute atomic E-state index is 0.101. The molecule has 29 heavy (non-hydrogen) atoms. The fourth-order valence-corrected chi connectivity index (χ4v) is 3.97. The van der Waals surface area contributed by atoms with Crippen LogP contribution in [0.5, 0.6) is 5.75 Å². The van der Waals surface area contributed by atoms with Crippen LogP contribution in [-0.4, -0.2) is 40.7 Å². The third-order valence-corrected chi connectivity index (χ3v) is 5.52. The number of nitrogens with zero attached hydrogens (tertiary/aromatic N) is 2. The minimum Gasteiger partial charge on any atom is -0.506 e. The molecule has 0 bridgehead atoms. The predicted molar refractivity (Wildman–Crippen MR) is 116 cm³/mol. The quantitative estimate of drug-likeness (QED) is 0.516. The Kier molecular flexibility index (Phi) is 6.52. The number of halogens is 2. The zero-order chi connectivity index (χ0) is 21.1. The monoisotopic (exact) mass is 450 g/mol. The van der Waals surface area contributed by atoms with Gasteiger partial charge in [0.25, 0.3) is 5.91 Å². The van der Waals surface area contributed by atoms with Crippen LogP contribution < -0.4 is 0 Å². The number of phenolic OH excluding ortho intramolecular Hbond substituents is 1. The van der Waals surface area contributed by atoms with E-state index in [0.717, 1.165) is 11.8 Å². The van der Waals surface area contributed by atoms with Crippen molar-refractivity contribution < 1.29 is 19.4 Å². The Bertz CT molecular complexity index is 1040. The highest BCUT2D eigenvalue weighted by Gasteiger charge is 2.30. The Morgan fingerprint density at radius 3 is 2.62 bits per heavy atom. The van der Waals surface area contributed by atoms with Crippen LogP contribution in [-0.2, 0) is 9.53 Å². The van der Waals surface area contributed by atoms with Crippen LogP contribution in [0.4, 0.5) is 5.69 Å². The summed E-state index contributed by atoms with van der Waals surface area (Å²) in [7, 11) is 1.60. The Hall–Kier alpha value is -2.48. The van der Waals surface area contributed by atoms with Gasteiger partial charge in [0.15, 0.2) is 5.17 Å². The summed E-state index contributed by atoms with van der Waals surface area (Å²) in [4.78, 5) is 30.5. The summed E-state index contributed by atoms with van der Waals surface area (Å²) in [5.74, 6) is -0.827. The molecule has 1 amide bonds. The zero-order valence-electron chi connectivity index (χ0n) is 15.5. The predicted octanol–water partition coefficient (Wildman–Crippen LogP) is 5.11. The largest absolute Gasteiger partial charge is 0.506 e.